The van der Waals surface area contributed by atoms with E-state index >= 15 is 0 Å². The Kier molecular flexibility index (Phi) is 8.27. The van der Waals surface area contributed by atoms with Crippen LogP contribution in [-0.2, 0) is 21.1 Å². The molecule has 0 aliphatic carbocycles. The monoisotopic (exact) mass is 384 g/mol. The van der Waals surface area contributed by atoms with Gasteiger partial charge in [-0.1, -0.05) is 0 Å². The SMILES string of the molecule is CCC[NH][Hf]([NH]CCC)([N](C)C)[N](C)C. The van der Waals surface area contributed by atoms with Crippen LogP contribution in [0.15, 0.2) is 0 Å². The van der Waals surface area contributed by atoms with Gasteiger partial charge in [-0.2, -0.15) is 0 Å². The van der Waals surface area contributed by atoms with Gasteiger partial charge in [0.25, 0.3) is 0 Å². The standard InChI is InChI=1S/2C3H8N.2C2H6N.Hf/c2*1-2-3-4;2*1-3-2;/h2*4H,2-3H2,1H3;2*1-2H3;/q4*-1;+4. The van der Waals surface area contributed by atoms with Gasteiger partial charge in [-0.3, -0.25) is 0 Å². The van der Waals surface area contributed by atoms with Crippen molar-refractivity contribution < 1.29 is 21.1 Å². The molecule has 5 heteroatoms. The van der Waals surface area contributed by atoms with Crippen molar-refractivity contribution in [2.75, 3.05) is 41.3 Å². The molecule has 0 amide bonds. The molecule has 0 aromatic rings. The molecule has 0 bridgehead atoms. The average Bonchev–Trinajstić information content (AvgIpc) is 2.17. The van der Waals surface area contributed by atoms with Gasteiger partial charge in [0.2, 0.25) is 0 Å². The summed E-state index contributed by atoms with van der Waals surface area (Å²) in [6.45, 7) is 6.65. The summed E-state index contributed by atoms with van der Waals surface area (Å²) in [5.41, 5.74) is 0. The van der Waals surface area contributed by atoms with E-state index in [4.69, 9.17) is 0 Å². The second-order valence-corrected chi connectivity index (χ2v) is 18.1. The van der Waals surface area contributed by atoms with E-state index in [9.17, 15) is 0 Å². The van der Waals surface area contributed by atoms with Gasteiger partial charge in [-0.25, -0.2) is 0 Å². The van der Waals surface area contributed by atoms with Gasteiger partial charge in [0, 0.05) is 0 Å². The number of nitrogens with zero attached hydrogens (tertiary/aromatic N) is 2. The molecule has 0 aliphatic heterocycles. The zero-order valence-corrected chi connectivity index (χ0v) is 14.8. The van der Waals surface area contributed by atoms with E-state index in [2.05, 4.69) is 54.4 Å². The van der Waals surface area contributed by atoms with Crippen LogP contribution in [0.1, 0.15) is 26.7 Å². The van der Waals surface area contributed by atoms with E-state index < -0.39 is 21.1 Å². The number of hydrogen-bond acceptors (Lipinski definition) is 4. The van der Waals surface area contributed by atoms with E-state index in [1.165, 1.54) is 12.8 Å². The summed E-state index contributed by atoms with van der Waals surface area (Å²) < 4.78 is 12.4. The molecule has 0 spiro atoms. The van der Waals surface area contributed by atoms with Crippen LogP contribution in [0.5, 0.6) is 0 Å². The van der Waals surface area contributed by atoms with Crippen molar-refractivity contribution in [3.63, 3.8) is 0 Å². The van der Waals surface area contributed by atoms with Crippen LogP contribution < -0.4 is 6.61 Å². The molecule has 92 valence electrons. The summed E-state index contributed by atoms with van der Waals surface area (Å²) in [7, 11) is 8.75. The Morgan fingerprint density at radius 1 is 0.800 bits per heavy atom. The topological polar surface area (TPSA) is 30.5 Å². The van der Waals surface area contributed by atoms with Crippen molar-refractivity contribution in [1.29, 1.82) is 0 Å². The minimum absolute atomic E-state index is 1.11. The van der Waals surface area contributed by atoms with Gasteiger partial charge in [-0.15, -0.1) is 0 Å². The first-order chi connectivity index (χ1) is 7.01. The van der Waals surface area contributed by atoms with Crippen LogP contribution in [-0.4, -0.2) is 47.1 Å². The minimum atomic E-state index is -2.78. The Hall–Kier alpha value is 0.710. The van der Waals surface area contributed by atoms with Crippen LogP contribution in [0.2, 0.25) is 0 Å². The molecule has 0 aromatic heterocycles. The summed E-state index contributed by atoms with van der Waals surface area (Å²) in [4.78, 5) is 0. The third-order valence-corrected chi connectivity index (χ3v) is 17.2. The van der Waals surface area contributed by atoms with Crippen LogP contribution >= 0.6 is 0 Å². The van der Waals surface area contributed by atoms with Gasteiger partial charge in [0.05, 0.1) is 0 Å². The Balaban J connectivity index is 4.57. The molecule has 0 atom stereocenters. The molecule has 15 heavy (non-hydrogen) atoms. The molecule has 0 aromatic carbocycles. The summed E-state index contributed by atoms with van der Waals surface area (Å²) in [6.07, 6.45) is 2.38. The molecule has 0 unspecified atom stereocenters. The molecular formula is C10H28HfN4. The van der Waals surface area contributed by atoms with E-state index in [0.717, 1.165) is 13.1 Å². The molecule has 0 rings (SSSR count). The Bertz CT molecular complexity index is 144. The zero-order chi connectivity index (χ0) is 11.9. The van der Waals surface area contributed by atoms with Crippen LogP contribution in [0.3, 0.4) is 0 Å². The molecule has 0 radical (unpaired) electrons. The number of nitrogens with one attached hydrogen (secondary N) is 2. The van der Waals surface area contributed by atoms with Crippen molar-refractivity contribution >= 4 is 0 Å². The molecular weight excluding hydrogens is 355 g/mol. The van der Waals surface area contributed by atoms with E-state index in [0.29, 0.717) is 0 Å². The number of rotatable bonds is 8. The predicted molar refractivity (Wildman–Crippen MR) is 64.0 cm³/mol. The third kappa shape index (κ3) is 4.61. The first-order valence-electron chi connectivity index (χ1n) is 5.86. The predicted octanol–water partition coefficient (Wildman–Crippen LogP) is 0.923. The van der Waals surface area contributed by atoms with Gasteiger partial charge in [0.1, 0.15) is 0 Å². The molecule has 0 aliphatic rings. The van der Waals surface area contributed by atoms with E-state index in [1.807, 2.05) is 0 Å². The van der Waals surface area contributed by atoms with Gasteiger partial charge in [-0.05, 0) is 0 Å². The maximum atomic E-state index is 3.78. The van der Waals surface area contributed by atoms with Crippen molar-refractivity contribution in [2.45, 2.75) is 26.7 Å². The molecule has 0 heterocycles. The molecule has 0 saturated carbocycles. The second kappa shape index (κ2) is 7.90. The quantitative estimate of drug-likeness (QED) is 0.611. The summed E-state index contributed by atoms with van der Waals surface area (Å²) in [6, 6.07) is 0. The average molecular weight is 383 g/mol. The first kappa shape index (κ1) is 15.7. The Morgan fingerprint density at radius 3 is 1.33 bits per heavy atom. The maximum absolute atomic E-state index is 3.78. The van der Waals surface area contributed by atoms with E-state index in [-0.39, 0.29) is 0 Å². The summed E-state index contributed by atoms with van der Waals surface area (Å²) in [5.74, 6) is 0. The van der Waals surface area contributed by atoms with Crippen LogP contribution in [0.4, 0.5) is 0 Å². The Morgan fingerprint density at radius 2 is 1.13 bits per heavy atom. The van der Waals surface area contributed by atoms with Crippen LogP contribution in [0.25, 0.3) is 0 Å². The van der Waals surface area contributed by atoms with Gasteiger partial charge >= 0.3 is 101 Å². The van der Waals surface area contributed by atoms with Crippen molar-refractivity contribution in [1.82, 2.24) is 12.4 Å². The fourth-order valence-corrected chi connectivity index (χ4v) is 13.9. The Labute approximate surface area is 101 Å². The van der Waals surface area contributed by atoms with E-state index in [1.54, 1.807) is 0 Å². The fourth-order valence-electron chi connectivity index (χ4n) is 1.69. The summed E-state index contributed by atoms with van der Waals surface area (Å²) in [5, 5.41) is 0. The number of hydrogen-bond donors (Lipinski definition) is 2. The third-order valence-electron chi connectivity index (χ3n) is 2.54. The molecule has 4 nitrogen and oxygen atoms in total. The van der Waals surface area contributed by atoms with Crippen molar-refractivity contribution in [3.05, 3.63) is 0 Å². The summed E-state index contributed by atoms with van der Waals surface area (Å²) >= 11 is -2.78. The van der Waals surface area contributed by atoms with Crippen LogP contribution in [0, 0.1) is 0 Å². The van der Waals surface area contributed by atoms with Crippen molar-refractivity contribution in [3.8, 4) is 0 Å². The zero-order valence-electron chi connectivity index (χ0n) is 11.2. The molecule has 2 N–H and O–H groups in total. The molecule has 0 fully saturated rings. The molecule has 0 saturated heterocycles. The normalized spacial score (nSPS) is 12.8. The fraction of sp³-hybridized carbons (Fsp3) is 1.00. The second-order valence-electron chi connectivity index (χ2n) is 4.31. The first-order valence-corrected chi connectivity index (χ1v) is 12.7. The van der Waals surface area contributed by atoms with Gasteiger partial charge < -0.3 is 0 Å². The van der Waals surface area contributed by atoms with Gasteiger partial charge in [0.15, 0.2) is 0 Å². The van der Waals surface area contributed by atoms with Crippen molar-refractivity contribution in [2.24, 2.45) is 0 Å².